The second kappa shape index (κ2) is 8.83. The van der Waals surface area contributed by atoms with E-state index in [1.807, 2.05) is 0 Å². The molecule has 1 saturated carbocycles. The lowest BCUT2D eigenvalue weighted by Gasteiger charge is -2.35. The fourth-order valence-electron chi connectivity index (χ4n) is 4.32. The summed E-state index contributed by atoms with van der Waals surface area (Å²) in [5.74, 6) is -1.02. The molecule has 1 aliphatic rings. The van der Waals surface area contributed by atoms with E-state index >= 15 is 0 Å². The van der Waals surface area contributed by atoms with E-state index < -0.39 is 29.7 Å². The molecule has 1 aliphatic carbocycles. The summed E-state index contributed by atoms with van der Waals surface area (Å²) in [6, 6.07) is 10.8. The number of rotatable bonds is 7. The number of carbonyl (C=O) groups excluding carboxylic acids is 2. The highest BCUT2D eigenvalue weighted by atomic mass is 19.1. The van der Waals surface area contributed by atoms with Gasteiger partial charge in [-0.2, -0.15) is 0 Å². The molecule has 0 heterocycles. The second-order valence-electron chi connectivity index (χ2n) is 7.61. The lowest BCUT2D eigenvalue weighted by Crippen LogP contribution is -2.49. The van der Waals surface area contributed by atoms with Gasteiger partial charge in [0.2, 0.25) is 5.91 Å². The van der Waals surface area contributed by atoms with Gasteiger partial charge in [-0.3, -0.25) is 9.59 Å². The minimum atomic E-state index is -1.32. The van der Waals surface area contributed by atoms with E-state index in [4.69, 9.17) is 9.47 Å². The quantitative estimate of drug-likeness (QED) is 0.727. The molecule has 3 atom stereocenters. The van der Waals surface area contributed by atoms with Gasteiger partial charge in [0, 0.05) is 24.6 Å². The lowest BCUT2D eigenvalue weighted by atomic mass is 9.69. The van der Waals surface area contributed by atoms with Crippen LogP contribution >= 0.6 is 0 Å². The smallest absolute Gasteiger partial charge is 0.230 e. The van der Waals surface area contributed by atoms with Gasteiger partial charge in [-0.05, 0) is 35.7 Å². The van der Waals surface area contributed by atoms with Gasteiger partial charge >= 0.3 is 0 Å². The first-order valence-electron chi connectivity index (χ1n) is 9.75. The minimum Gasteiger partial charge on any atom is -0.497 e. The standard InChI is InChI=1S/C23H26FNO5/c1-14-10-19(27)21(15-4-7-17(24)8-5-15)23(14,13-26)22(28)25-12-16-6-9-18(29-2)11-20(16)30-3/h4-9,11,14,21,26H,10,12-13H2,1-3H3,(H,25,28). The number of carbonyl (C=O) groups is 2. The van der Waals surface area contributed by atoms with Crippen molar-refractivity contribution in [2.75, 3.05) is 20.8 Å². The number of amides is 1. The zero-order valence-corrected chi connectivity index (χ0v) is 17.3. The molecule has 2 N–H and O–H groups in total. The lowest BCUT2D eigenvalue weighted by molar-refractivity contribution is -0.138. The highest BCUT2D eigenvalue weighted by Crippen LogP contribution is 2.51. The van der Waals surface area contributed by atoms with Gasteiger partial charge in [0.1, 0.15) is 23.1 Å². The number of benzene rings is 2. The summed E-state index contributed by atoms with van der Waals surface area (Å²) in [5, 5.41) is 13.2. The average molecular weight is 415 g/mol. The molecule has 0 aromatic heterocycles. The third kappa shape index (κ3) is 3.77. The first-order valence-corrected chi connectivity index (χ1v) is 9.75. The maximum atomic E-state index is 13.4. The zero-order valence-electron chi connectivity index (χ0n) is 17.3. The van der Waals surface area contributed by atoms with Crippen LogP contribution in [-0.4, -0.2) is 37.6 Å². The normalized spacial score (nSPS) is 23.3. The van der Waals surface area contributed by atoms with Crippen molar-refractivity contribution < 1.29 is 28.6 Å². The van der Waals surface area contributed by atoms with E-state index in [0.717, 1.165) is 5.56 Å². The second-order valence-corrected chi connectivity index (χ2v) is 7.61. The first kappa shape index (κ1) is 21.8. The summed E-state index contributed by atoms with van der Waals surface area (Å²) in [4.78, 5) is 26.1. The van der Waals surface area contributed by atoms with E-state index in [0.29, 0.717) is 17.1 Å². The molecular weight excluding hydrogens is 389 g/mol. The number of nitrogens with one attached hydrogen (secondary N) is 1. The molecule has 3 rings (SSSR count). The van der Waals surface area contributed by atoms with Crippen LogP contribution in [0.4, 0.5) is 4.39 Å². The topological polar surface area (TPSA) is 84.9 Å². The summed E-state index contributed by atoms with van der Waals surface area (Å²) in [6.45, 7) is 1.45. The number of aliphatic hydroxyl groups excluding tert-OH is 1. The number of Topliss-reactive ketones (excluding diaryl/α,β-unsaturated/α-hetero) is 1. The molecule has 0 spiro atoms. The van der Waals surface area contributed by atoms with E-state index in [1.165, 1.54) is 31.4 Å². The Hall–Kier alpha value is -2.93. The summed E-state index contributed by atoms with van der Waals surface area (Å²) < 4.78 is 23.9. The molecule has 1 fully saturated rings. The fourth-order valence-corrected chi connectivity index (χ4v) is 4.32. The van der Waals surface area contributed by atoms with Gasteiger partial charge < -0.3 is 19.9 Å². The highest BCUT2D eigenvalue weighted by molar-refractivity contribution is 5.99. The number of ether oxygens (including phenoxy) is 2. The molecule has 2 aromatic carbocycles. The van der Waals surface area contributed by atoms with Crippen LogP contribution in [0.5, 0.6) is 11.5 Å². The number of aliphatic hydroxyl groups is 1. The predicted molar refractivity (Wildman–Crippen MR) is 109 cm³/mol. The Morgan fingerprint density at radius 3 is 2.50 bits per heavy atom. The van der Waals surface area contributed by atoms with Crippen molar-refractivity contribution in [1.29, 1.82) is 0 Å². The monoisotopic (exact) mass is 415 g/mol. The largest absolute Gasteiger partial charge is 0.497 e. The van der Waals surface area contributed by atoms with Crippen molar-refractivity contribution in [2.45, 2.75) is 25.8 Å². The number of methoxy groups -OCH3 is 2. The molecule has 0 bridgehead atoms. The molecule has 3 unspecified atom stereocenters. The molecule has 7 heteroatoms. The number of hydrogen-bond donors (Lipinski definition) is 2. The summed E-state index contributed by atoms with van der Waals surface area (Å²) in [7, 11) is 3.08. The van der Waals surface area contributed by atoms with Crippen LogP contribution in [0.2, 0.25) is 0 Å². The van der Waals surface area contributed by atoms with Crippen molar-refractivity contribution in [1.82, 2.24) is 5.32 Å². The molecule has 0 aliphatic heterocycles. The molecule has 2 aromatic rings. The maximum absolute atomic E-state index is 13.4. The molecular formula is C23H26FNO5. The SMILES string of the molecule is COc1ccc(CNC(=O)C2(CO)C(C)CC(=O)C2c2ccc(F)cc2)c(OC)c1. The molecule has 6 nitrogen and oxygen atoms in total. The van der Waals surface area contributed by atoms with Crippen LogP contribution in [0.25, 0.3) is 0 Å². The molecule has 160 valence electrons. The van der Waals surface area contributed by atoms with E-state index in [-0.39, 0.29) is 24.7 Å². The molecule has 1 amide bonds. The van der Waals surface area contributed by atoms with Gasteiger partial charge in [0.25, 0.3) is 0 Å². The van der Waals surface area contributed by atoms with Gasteiger partial charge in [-0.25, -0.2) is 4.39 Å². The Morgan fingerprint density at radius 1 is 1.20 bits per heavy atom. The van der Waals surface area contributed by atoms with E-state index in [2.05, 4.69) is 5.32 Å². The van der Waals surface area contributed by atoms with Crippen molar-refractivity contribution in [2.24, 2.45) is 11.3 Å². The van der Waals surface area contributed by atoms with Crippen LogP contribution in [0.1, 0.15) is 30.4 Å². The Balaban J connectivity index is 1.89. The first-order chi connectivity index (χ1) is 14.4. The summed E-state index contributed by atoms with van der Waals surface area (Å²) in [5.41, 5.74) is -0.0683. The van der Waals surface area contributed by atoms with Crippen LogP contribution in [0.3, 0.4) is 0 Å². The Labute approximate surface area is 175 Å². The highest BCUT2D eigenvalue weighted by Gasteiger charge is 2.58. The van der Waals surface area contributed by atoms with Gasteiger partial charge in [-0.15, -0.1) is 0 Å². The van der Waals surface area contributed by atoms with Crippen molar-refractivity contribution in [3.8, 4) is 11.5 Å². The van der Waals surface area contributed by atoms with E-state index in [1.54, 1.807) is 32.2 Å². The van der Waals surface area contributed by atoms with Crippen molar-refractivity contribution in [3.63, 3.8) is 0 Å². The Bertz CT molecular complexity index is 930. The number of halogens is 1. The molecule has 0 saturated heterocycles. The van der Waals surface area contributed by atoms with Crippen LogP contribution in [-0.2, 0) is 16.1 Å². The van der Waals surface area contributed by atoms with Gasteiger partial charge in [0.05, 0.1) is 32.2 Å². The Morgan fingerprint density at radius 2 is 1.90 bits per heavy atom. The van der Waals surface area contributed by atoms with Crippen LogP contribution in [0, 0.1) is 17.2 Å². The van der Waals surface area contributed by atoms with Crippen molar-refractivity contribution in [3.05, 3.63) is 59.4 Å². The fraction of sp³-hybridized carbons (Fsp3) is 0.391. The third-order valence-corrected chi connectivity index (χ3v) is 6.05. The van der Waals surface area contributed by atoms with Gasteiger partial charge in [-0.1, -0.05) is 19.1 Å². The van der Waals surface area contributed by atoms with Crippen LogP contribution in [0.15, 0.2) is 42.5 Å². The minimum absolute atomic E-state index is 0.139. The summed E-state index contributed by atoms with van der Waals surface area (Å²) >= 11 is 0. The van der Waals surface area contributed by atoms with Crippen molar-refractivity contribution >= 4 is 11.7 Å². The summed E-state index contributed by atoms with van der Waals surface area (Å²) in [6.07, 6.45) is 0.169. The molecule has 0 radical (unpaired) electrons. The van der Waals surface area contributed by atoms with Crippen LogP contribution < -0.4 is 14.8 Å². The third-order valence-electron chi connectivity index (χ3n) is 6.05. The average Bonchev–Trinajstić information content (AvgIpc) is 3.02. The van der Waals surface area contributed by atoms with E-state index in [9.17, 15) is 19.1 Å². The zero-order chi connectivity index (χ0) is 21.9. The Kier molecular flexibility index (Phi) is 6.41. The maximum Gasteiger partial charge on any atom is 0.230 e. The number of hydrogen-bond acceptors (Lipinski definition) is 5. The van der Waals surface area contributed by atoms with Gasteiger partial charge in [0.15, 0.2) is 0 Å². The predicted octanol–water partition coefficient (Wildman–Crippen LogP) is 2.83. The number of ketones is 1. The molecule has 30 heavy (non-hydrogen) atoms.